The Hall–Kier alpha value is -3.66. The number of hydrogen-bond donors (Lipinski definition) is 2. The number of benzene rings is 2. The second kappa shape index (κ2) is 8.37. The smallest absolute Gasteiger partial charge is 0.144 e. The zero-order valence-corrected chi connectivity index (χ0v) is 17.3. The Kier molecular flexibility index (Phi) is 5.48. The third-order valence-electron chi connectivity index (χ3n) is 5.39. The van der Waals surface area contributed by atoms with Crippen LogP contribution in [0.15, 0.2) is 78.3 Å². The Balaban J connectivity index is 1.59. The number of H-pyrrole nitrogens is 1. The van der Waals surface area contributed by atoms with E-state index < -0.39 is 0 Å². The molecule has 0 fully saturated rings. The summed E-state index contributed by atoms with van der Waals surface area (Å²) in [4.78, 5) is 8.16. The van der Waals surface area contributed by atoms with Gasteiger partial charge in [0, 0.05) is 17.0 Å². The van der Waals surface area contributed by atoms with E-state index in [1.807, 2.05) is 61.5 Å². The molecule has 150 valence electrons. The maximum atomic E-state index is 8.60. The lowest BCUT2D eigenvalue weighted by Gasteiger charge is -2.06. The molecule has 0 bridgehead atoms. The number of aryl methyl sites for hydroxylation is 1. The van der Waals surface area contributed by atoms with E-state index in [0.717, 1.165) is 52.5 Å². The van der Waals surface area contributed by atoms with Gasteiger partial charge in [-0.3, -0.25) is 5.41 Å². The summed E-state index contributed by atoms with van der Waals surface area (Å²) in [5.74, 6) is 0.778. The van der Waals surface area contributed by atoms with Crippen molar-refractivity contribution < 1.29 is 4.74 Å². The maximum absolute atomic E-state index is 8.60. The molecule has 0 saturated heterocycles. The monoisotopic (exact) mass is 395 g/mol. The van der Waals surface area contributed by atoms with Gasteiger partial charge >= 0.3 is 0 Å². The van der Waals surface area contributed by atoms with Gasteiger partial charge in [-0.15, -0.1) is 0 Å². The molecule has 1 aliphatic carbocycles. The number of aromatic nitrogens is 1. The van der Waals surface area contributed by atoms with Crippen molar-refractivity contribution in [3.8, 4) is 5.75 Å². The van der Waals surface area contributed by atoms with Crippen LogP contribution in [-0.2, 0) is 0 Å². The second-order valence-corrected chi connectivity index (χ2v) is 7.39. The van der Waals surface area contributed by atoms with Gasteiger partial charge in [0.25, 0.3) is 0 Å². The van der Waals surface area contributed by atoms with Crippen molar-refractivity contribution in [2.45, 2.75) is 19.8 Å². The van der Waals surface area contributed by atoms with E-state index in [0.29, 0.717) is 11.3 Å². The zero-order chi connectivity index (χ0) is 21.1. The molecule has 30 heavy (non-hydrogen) atoms. The van der Waals surface area contributed by atoms with E-state index in [-0.39, 0.29) is 0 Å². The van der Waals surface area contributed by atoms with Crippen LogP contribution < -0.4 is 4.74 Å². The maximum Gasteiger partial charge on any atom is 0.144 e. The minimum atomic E-state index is 0.414. The summed E-state index contributed by atoms with van der Waals surface area (Å²) in [6, 6.07) is 19.7. The average molecular weight is 396 g/mol. The van der Waals surface area contributed by atoms with Crippen molar-refractivity contribution in [2.75, 3.05) is 7.11 Å². The van der Waals surface area contributed by atoms with Crippen LogP contribution in [0.2, 0.25) is 0 Å². The van der Waals surface area contributed by atoms with Gasteiger partial charge in [-0.2, -0.15) is 0 Å². The van der Waals surface area contributed by atoms with Crippen LogP contribution in [0.1, 0.15) is 35.4 Å². The van der Waals surface area contributed by atoms with Crippen LogP contribution in [0, 0.1) is 12.3 Å². The molecule has 4 heteroatoms. The van der Waals surface area contributed by atoms with Crippen molar-refractivity contribution >= 4 is 28.3 Å². The molecule has 2 N–H and O–H groups in total. The van der Waals surface area contributed by atoms with E-state index in [9.17, 15) is 0 Å². The first-order valence-corrected chi connectivity index (χ1v) is 10.0. The summed E-state index contributed by atoms with van der Waals surface area (Å²) in [5.41, 5.74) is 8.19. The molecular weight excluding hydrogens is 370 g/mol. The molecular formula is C26H25N3O. The van der Waals surface area contributed by atoms with E-state index in [1.54, 1.807) is 7.11 Å². The fourth-order valence-electron chi connectivity index (χ4n) is 3.76. The number of hydrogen-bond acceptors (Lipinski definition) is 3. The molecule has 0 radical (unpaired) electrons. The lowest BCUT2D eigenvalue weighted by atomic mass is 10.00. The number of ether oxygens (including phenoxy) is 1. The summed E-state index contributed by atoms with van der Waals surface area (Å²) >= 11 is 0. The number of aromatic amines is 1. The number of nitrogens with one attached hydrogen (secondary N) is 2. The van der Waals surface area contributed by atoms with E-state index in [2.05, 4.69) is 23.7 Å². The normalized spacial score (nSPS) is 14.6. The molecule has 4 nitrogen and oxygen atoms in total. The largest absolute Gasteiger partial charge is 0.494 e. The number of nitrogens with zero attached hydrogens (tertiary/aromatic N) is 1. The third-order valence-corrected chi connectivity index (χ3v) is 5.39. The Morgan fingerprint density at radius 1 is 1.07 bits per heavy atom. The van der Waals surface area contributed by atoms with Gasteiger partial charge in [-0.05, 0) is 60.7 Å². The Bertz CT molecular complexity index is 1170. The molecule has 0 atom stereocenters. The first-order chi connectivity index (χ1) is 14.6. The standard InChI is InChI=1S/C26H25N3O/c1-17(19-9-5-4-6-10-19)26(27)24-16-22(18(2)28-24)20-13-14-21(15-20)29-23-11-7-8-12-25(23)30-3/h4-12,15-16,27-28H,1,13-14H2,2-3H3. The first-order valence-electron chi connectivity index (χ1n) is 10.0. The predicted octanol–water partition coefficient (Wildman–Crippen LogP) is 6.36. The van der Waals surface area contributed by atoms with Crippen molar-refractivity contribution in [3.05, 3.63) is 95.8 Å². The summed E-state index contributed by atoms with van der Waals surface area (Å²) < 4.78 is 5.41. The fourth-order valence-corrected chi connectivity index (χ4v) is 3.76. The third kappa shape index (κ3) is 3.90. The number of rotatable bonds is 6. The number of methoxy groups -OCH3 is 1. The highest BCUT2D eigenvalue weighted by Gasteiger charge is 2.19. The van der Waals surface area contributed by atoms with Gasteiger partial charge in [-0.1, -0.05) is 49.0 Å². The van der Waals surface area contributed by atoms with E-state index in [1.165, 1.54) is 5.57 Å². The molecule has 0 spiro atoms. The van der Waals surface area contributed by atoms with Gasteiger partial charge in [0.05, 0.1) is 18.5 Å². The molecule has 0 aliphatic heterocycles. The minimum absolute atomic E-state index is 0.414. The van der Waals surface area contributed by atoms with Crippen LogP contribution in [-0.4, -0.2) is 23.5 Å². The van der Waals surface area contributed by atoms with Gasteiger partial charge < -0.3 is 9.72 Å². The van der Waals surface area contributed by atoms with Gasteiger partial charge in [0.15, 0.2) is 0 Å². The summed E-state index contributed by atoms with van der Waals surface area (Å²) in [6.07, 6.45) is 3.97. The molecule has 0 amide bonds. The van der Waals surface area contributed by atoms with Crippen molar-refractivity contribution in [3.63, 3.8) is 0 Å². The van der Waals surface area contributed by atoms with Gasteiger partial charge in [-0.25, -0.2) is 4.99 Å². The Labute approximate surface area is 177 Å². The van der Waals surface area contributed by atoms with Crippen LogP contribution in [0.4, 0.5) is 5.69 Å². The molecule has 1 aliphatic rings. The van der Waals surface area contributed by atoms with Crippen LogP contribution >= 0.6 is 0 Å². The van der Waals surface area contributed by atoms with Crippen molar-refractivity contribution in [2.24, 2.45) is 4.99 Å². The van der Waals surface area contributed by atoms with E-state index >= 15 is 0 Å². The quantitative estimate of drug-likeness (QED) is 0.469. The summed E-state index contributed by atoms with van der Waals surface area (Å²) in [7, 11) is 1.66. The molecule has 4 rings (SSSR count). The van der Waals surface area contributed by atoms with Crippen molar-refractivity contribution in [1.82, 2.24) is 4.98 Å². The summed E-state index contributed by atoms with van der Waals surface area (Å²) in [5, 5.41) is 8.60. The topological polar surface area (TPSA) is 61.2 Å². The molecule has 3 aromatic rings. The Morgan fingerprint density at radius 3 is 2.57 bits per heavy atom. The fraction of sp³-hybridized carbons (Fsp3) is 0.154. The lowest BCUT2D eigenvalue weighted by molar-refractivity contribution is 0.416. The highest BCUT2D eigenvalue weighted by atomic mass is 16.5. The second-order valence-electron chi connectivity index (χ2n) is 7.39. The number of allylic oxidation sites excluding steroid dienone is 3. The molecule has 0 unspecified atom stereocenters. The molecule has 1 aromatic heterocycles. The molecule has 1 heterocycles. The zero-order valence-electron chi connectivity index (χ0n) is 17.3. The van der Waals surface area contributed by atoms with Crippen molar-refractivity contribution in [1.29, 1.82) is 5.41 Å². The number of aliphatic imine (C=N–C) groups is 1. The highest BCUT2D eigenvalue weighted by Crippen LogP contribution is 2.33. The lowest BCUT2D eigenvalue weighted by Crippen LogP contribution is -2.02. The number of para-hydroxylation sites is 2. The predicted molar refractivity (Wildman–Crippen MR) is 125 cm³/mol. The minimum Gasteiger partial charge on any atom is -0.494 e. The Morgan fingerprint density at radius 2 is 1.80 bits per heavy atom. The molecule has 0 saturated carbocycles. The van der Waals surface area contributed by atoms with Crippen LogP contribution in [0.3, 0.4) is 0 Å². The first kappa shape index (κ1) is 19.6. The highest BCUT2D eigenvalue weighted by molar-refractivity contribution is 6.29. The van der Waals surface area contributed by atoms with E-state index in [4.69, 9.17) is 15.1 Å². The van der Waals surface area contributed by atoms with Gasteiger partial charge in [0.2, 0.25) is 0 Å². The van der Waals surface area contributed by atoms with Gasteiger partial charge in [0.1, 0.15) is 11.4 Å². The SMILES string of the molecule is C=C(C(=N)c1cc(C2=CC(=Nc3ccccc3OC)CC2)c(C)[nH]1)c1ccccc1. The summed E-state index contributed by atoms with van der Waals surface area (Å²) in [6.45, 7) is 6.17. The van der Waals surface area contributed by atoms with Crippen LogP contribution in [0.25, 0.3) is 11.1 Å². The van der Waals surface area contributed by atoms with Crippen LogP contribution in [0.5, 0.6) is 5.75 Å². The molecule has 2 aromatic carbocycles. The average Bonchev–Trinajstić information content (AvgIpc) is 3.40.